The summed E-state index contributed by atoms with van der Waals surface area (Å²) >= 11 is 0. The Bertz CT molecular complexity index is 603. The van der Waals surface area contributed by atoms with Crippen molar-refractivity contribution in [1.29, 1.82) is 0 Å². The number of hydrogen-bond acceptors (Lipinski definition) is 5. The minimum atomic E-state index is -0.792. The van der Waals surface area contributed by atoms with Crippen molar-refractivity contribution in [3.8, 4) is 0 Å². The number of nitrogens with zero attached hydrogens (tertiary/aromatic N) is 2. The van der Waals surface area contributed by atoms with E-state index in [-0.39, 0.29) is 5.56 Å². The molecule has 1 heterocycles. The van der Waals surface area contributed by atoms with Crippen molar-refractivity contribution in [3.05, 3.63) is 38.3 Å². The van der Waals surface area contributed by atoms with Crippen LogP contribution >= 0.6 is 0 Å². The molecule has 0 aliphatic heterocycles. The van der Waals surface area contributed by atoms with E-state index in [2.05, 4.69) is 0 Å². The molecule has 2 rings (SSSR count). The van der Waals surface area contributed by atoms with Gasteiger partial charge in [0.15, 0.2) is 0 Å². The van der Waals surface area contributed by atoms with Crippen LogP contribution in [-0.4, -0.2) is 22.6 Å². The highest BCUT2D eigenvalue weighted by molar-refractivity contribution is 5.74. The van der Waals surface area contributed by atoms with Crippen molar-refractivity contribution < 1.29 is 14.5 Å². The summed E-state index contributed by atoms with van der Waals surface area (Å²) in [5.74, 6) is -0.163. The van der Waals surface area contributed by atoms with Gasteiger partial charge in [-0.05, 0) is 25.3 Å². The zero-order valence-corrected chi connectivity index (χ0v) is 11.4. The van der Waals surface area contributed by atoms with E-state index in [1.54, 1.807) is 0 Å². The lowest BCUT2D eigenvalue weighted by Gasteiger charge is -2.17. The second-order valence-electron chi connectivity index (χ2n) is 5.03. The van der Waals surface area contributed by atoms with Crippen molar-refractivity contribution in [2.24, 2.45) is 5.92 Å². The number of carbonyl (C=O) groups excluding carboxylic acids is 1. The SMILES string of the molecule is COC(=O)[C@H](CC1CC1)n1ccc(C)c([N+](=O)[O-])c1=O. The van der Waals surface area contributed by atoms with E-state index in [4.69, 9.17) is 4.74 Å². The van der Waals surface area contributed by atoms with Crippen molar-refractivity contribution in [2.75, 3.05) is 7.11 Å². The molecule has 0 saturated heterocycles. The molecule has 1 aromatic heterocycles. The van der Waals surface area contributed by atoms with E-state index in [0.717, 1.165) is 17.4 Å². The van der Waals surface area contributed by atoms with Crippen molar-refractivity contribution >= 4 is 11.7 Å². The monoisotopic (exact) mass is 280 g/mol. The number of hydrogen-bond donors (Lipinski definition) is 0. The standard InChI is InChI=1S/C13H16N2O5/c1-8-5-6-14(12(16)11(8)15(18)19)10(13(17)20-2)7-9-3-4-9/h5-6,9-10H,3-4,7H2,1-2H3/t10-/m0/s1. The maximum Gasteiger partial charge on any atom is 0.336 e. The average molecular weight is 280 g/mol. The van der Waals surface area contributed by atoms with Gasteiger partial charge in [-0.25, -0.2) is 4.79 Å². The molecule has 0 N–H and O–H groups in total. The van der Waals surface area contributed by atoms with Gasteiger partial charge in [-0.1, -0.05) is 12.8 Å². The number of esters is 1. The smallest absolute Gasteiger partial charge is 0.336 e. The normalized spacial score (nSPS) is 15.7. The maximum atomic E-state index is 12.2. The Morgan fingerprint density at radius 2 is 2.25 bits per heavy atom. The second-order valence-corrected chi connectivity index (χ2v) is 5.03. The first-order valence-corrected chi connectivity index (χ1v) is 6.39. The van der Waals surface area contributed by atoms with Gasteiger partial charge in [-0.15, -0.1) is 0 Å². The summed E-state index contributed by atoms with van der Waals surface area (Å²) in [7, 11) is 1.25. The van der Waals surface area contributed by atoms with E-state index in [1.165, 1.54) is 26.3 Å². The van der Waals surface area contributed by atoms with Crippen LogP contribution in [0.5, 0.6) is 0 Å². The Kier molecular flexibility index (Phi) is 3.87. The Labute approximate surface area is 115 Å². The third-order valence-electron chi connectivity index (χ3n) is 3.54. The van der Waals surface area contributed by atoms with Gasteiger partial charge >= 0.3 is 17.2 Å². The van der Waals surface area contributed by atoms with Crippen LogP contribution in [0.1, 0.15) is 30.9 Å². The molecule has 7 nitrogen and oxygen atoms in total. The molecule has 7 heteroatoms. The highest BCUT2D eigenvalue weighted by Gasteiger charge is 2.33. The van der Waals surface area contributed by atoms with Crippen molar-refractivity contribution in [3.63, 3.8) is 0 Å². The van der Waals surface area contributed by atoms with Crippen LogP contribution in [0.15, 0.2) is 17.1 Å². The molecule has 0 amide bonds. The van der Waals surface area contributed by atoms with Crippen LogP contribution < -0.4 is 5.56 Å². The fourth-order valence-corrected chi connectivity index (χ4v) is 2.23. The zero-order chi connectivity index (χ0) is 14.9. The molecular formula is C13H16N2O5. The molecule has 1 fully saturated rings. The van der Waals surface area contributed by atoms with E-state index in [0.29, 0.717) is 12.3 Å². The topological polar surface area (TPSA) is 91.4 Å². The van der Waals surface area contributed by atoms with Crippen molar-refractivity contribution in [1.82, 2.24) is 4.57 Å². The van der Waals surface area contributed by atoms with E-state index < -0.39 is 28.2 Å². The Morgan fingerprint density at radius 3 is 2.75 bits per heavy atom. The molecule has 0 aromatic carbocycles. The fraction of sp³-hybridized carbons (Fsp3) is 0.538. The lowest BCUT2D eigenvalue weighted by Crippen LogP contribution is -2.32. The second kappa shape index (κ2) is 5.44. The predicted octanol–water partition coefficient (Wildman–Crippen LogP) is 1.58. The fourth-order valence-electron chi connectivity index (χ4n) is 2.23. The van der Waals surface area contributed by atoms with Gasteiger partial charge in [-0.3, -0.25) is 19.5 Å². The zero-order valence-electron chi connectivity index (χ0n) is 11.4. The molecule has 0 radical (unpaired) electrons. The summed E-state index contributed by atoms with van der Waals surface area (Å²) in [6, 6.07) is 0.682. The summed E-state index contributed by atoms with van der Waals surface area (Å²) in [6.45, 7) is 1.50. The number of nitro groups is 1. The molecule has 1 aromatic rings. The van der Waals surface area contributed by atoms with E-state index >= 15 is 0 Å². The van der Waals surface area contributed by atoms with E-state index in [9.17, 15) is 19.7 Å². The van der Waals surface area contributed by atoms with Crippen LogP contribution in [-0.2, 0) is 9.53 Å². The van der Waals surface area contributed by atoms with Gasteiger partial charge < -0.3 is 4.74 Å². The van der Waals surface area contributed by atoms with Crippen molar-refractivity contribution in [2.45, 2.75) is 32.2 Å². The molecule has 0 unspecified atom stereocenters. The summed E-state index contributed by atoms with van der Waals surface area (Å²) in [4.78, 5) is 34.3. The van der Waals surface area contributed by atoms with Gasteiger partial charge in [-0.2, -0.15) is 0 Å². The summed E-state index contributed by atoms with van der Waals surface area (Å²) in [6.07, 6.45) is 3.92. The van der Waals surface area contributed by atoms with Gasteiger partial charge in [0, 0.05) is 11.8 Å². The first kappa shape index (κ1) is 14.2. The van der Waals surface area contributed by atoms with Gasteiger partial charge in [0.25, 0.3) is 0 Å². The number of carbonyl (C=O) groups is 1. The first-order valence-electron chi connectivity index (χ1n) is 6.39. The highest BCUT2D eigenvalue weighted by atomic mass is 16.6. The molecule has 20 heavy (non-hydrogen) atoms. The molecular weight excluding hydrogens is 264 g/mol. The van der Waals surface area contributed by atoms with Gasteiger partial charge in [0.2, 0.25) is 0 Å². The number of ether oxygens (including phenoxy) is 1. The molecule has 0 spiro atoms. The number of aromatic nitrogens is 1. The molecule has 1 saturated carbocycles. The summed E-state index contributed by atoms with van der Waals surface area (Å²) in [5, 5.41) is 11.0. The minimum Gasteiger partial charge on any atom is -0.467 e. The Morgan fingerprint density at radius 1 is 1.60 bits per heavy atom. The number of pyridine rings is 1. The minimum absolute atomic E-state index is 0.284. The number of aryl methyl sites for hydroxylation is 1. The maximum absolute atomic E-state index is 12.2. The summed E-state index contributed by atoms with van der Waals surface area (Å²) < 4.78 is 5.83. The largest absolute Gasteiger partial charge is 0.467 e. The molecule has 108 valence electrons. The Hall–Kier alpha value is -2.18. The Balaban J connectivity index is 2.47. The number of methoxy groups -OCH3 is 1. The molecule has 1 aliphatic carbocycles. The average Bonchev–Trinajstić information content (AvgIpc) is 3.19. The predicted molar refractivity (Wildman–Crippen MR) is 70.5 cm³/mol. The lowest BCUT2D eigenvalue weighted by atomic mass is 10.1. The lowest BCUT2D eigenvalue weighted by molar-refractivity contribution is -0.387. The molecule has 1 atom stereocenters. The first-order chi connectivity index (χ1) is 9.45. The third kappa shape index (κ3) is 2.71. The van der Waals surface area contributed by atoms with Crippen LogP contribution in [0, 0.1) is 23.0 Å². The van der Waals surface area contributed by atoms with E-state index in [1.807, 2.05) is 0 Å². The molecule has 0 bridgehead atoms. The van der Waals surface area contributed by atoms with Gasteiger partial charge in [0.1, 0.15) is 6.04 Å². The van der Waals surface area contributed by atoms with Crippen LogP contribution in [0.2, 0.25) is 0 Å². The third-order valence-corrected chi connectivity index (χ3v) is 3.54. The summed E-state index contributed by atoms with van der Waals surface area (Å²) in [5.41, 5.74) is -0.963. The molecule has 1 aliphatic rings. The van der Waals surface area contributed by atoms with Crippen LogP contribution in [0.3, 0.4) is 0 Å². The van der Waals surface area contributed by atoms with Crippen LogP contribution in [0.4, 0.5) is 5.69 Å². The van der Waals surface area contributed by atoms with Crippen LogP contribution in [0.25, 0.3) is 0 Å². The highest BCUT2D eigenvalue weighted by Crippen LogP contribution is 2.37. The quantitative estimate of drug-likeness (QED) is 0.464. The number of rotatable bonds is 5. The van der Waals surface area contributed by atoms with Gasteiger partial charge in [0.05, 0.1) is 12.0 Å².